The average molecular weight is 332 g/mol. The maximum absolute atomic E-state index is 12.0. The fourth-order valence-electron chi connectivity index (χ4n) is 2.66. The van der Waals surface area contributed by atoms with Gasteiger partial charge in [-0.25, -0.2) is 4.98 Å². The van der Waals surface area contributed by atoms with E-state index < -0.39 is 0 Å². The quantitative estimate of drug-likeness (QED) is 0.824. The number of carbonyl (C=O) groups is 1. The van der Waals surface area contributed by atoms with Gasteiger partial charge in [-0.1, -0.05) is 23.9 Å². The molecule has 6 heteroatoms. The number of amides is 1. The summed E-state index contributed by atoms with van der Waals surface area (Å²) in [5.74, 6) is 1.16. The number of rotatable bonds is 6. The number of nitrogens with one attached hydrogen (secondary N) is 1. The van der Waals surface area contributed by atoms with Gasteiger partial charge in [0.2, 0.25) is 5.91 Å². The van der Waals surface area contributed by atoms with E-state index in [0.717, 1.165) is 41.0 Å². The molecule has 1 atom stereocenters. The molecule has 0 saturated carbocycles. The van der Waals surface area contributed by atoms with Crippen molar-refractivity contribution in [2.75, 3.05) is 26.0 Å². The number of aromatic nitrogens is 1. The van der Waals surface area contributed by atoms with E-state index >= 15 is 0 Å². The molecule has 1 aliphatic heterocycles. The molecule has 2 aromatic rings. The van der Waals surface area contributed by atoms with E-state index in [9.17, 15) is 4.79 Å². The van der Waals surface area contributed by atoms with Crippen LogP contribution in [0.4, 0.5) is 0 Å². The molecule has 5 nitrogen and oxygen atoms in total. The number of hydrogen-bond donors (Lipinski definition) is 1. The molecule has 2 heterocycles. The molecule has 0 radical (unpaired) electrons. The summed E-state index contributed by atoms with van der Waals surface area (Å²) in [5, 5.41) is 5.78. The lowest BCUT2D eigenvalue weighted by molar-refractivity contribution is -0.119. The second kappa shape index (κ2) is 7.66. The van der Waals surface area contributed by atoms with Crippen LogP contribution in [-0.4, -0.2) is 43.0 Å². The van der Waals surface area contributed by atoms with Gasteiger partial charge in [0, 0.05) is 30.1 Å². The average Bonchev–Trinajstić information content (AvgIpc) is 3.11. The van der Waals surface area contributed by atoms with Crippen LogP contribution in [0.5, 0.6) is 5.75 Å². The molecule has 0 unspecified atom stereocenters. The fraction of sp³-hybridized carbons (Fsp3) is 0.412. The van der Waals surface area contributed by atoms with E-state index in [1.807, 2.05) is 24.3 Å². The van der Waals surface area contributed by atoms with E-state index in [1.54, 1.807) is 13.3 Å². The zero-order chi connectivity index (χ0) is 16.1. The van der Waals surface area contributed by atoms with Gasteiger partial charge >= 0.3 is 0 Å². The van der Waals surface area contributed by atoms with Gasteiger partial charge in [0.05, 0.1) is 19.0 Å². The summed E-state index contributed by atoms with van der Waals surface area (Å²) >= 11 is 1.44. The van der Waals surface area contributed by atoms with Crippen LogP contribution in [0.25, 0.3) is 10.8 Å². The minimum Gasteiger partial charge on any atom is -0.496 e. The van der Waals surface area contributed by atoms with Crippen LogP contribution in [0.3, 0.4) is 0 Å². The van der Waals surface area contributed by atoms with E-state index in [-0.39, 0.29) is 12.0 Å². The minimum absolute atomic E-state index is 0.00667. The van der Waals surface area contributed by atoms with Crippen molar-refractivity contribution < 1.29 is 14.3 Å². The molecular weight excluding hydrogens is 312 g/mol. The van der Waals surface area contributed by atoms with Crippen LogP contribution in [0.2, 0.25) is 0 Å². The van der Waals surface area contributed by atoms with Gasteiger partial charge in [-0.05, 0) is 25.0 Å². The highest BCUT2D eigenvalue weighted by molar-refractivity contribution is 8.00. The number of thioether (sulfide) groups is 1. The van der Waals surface area contributed by atoms with E-state index in [4.69, 9.17) is 9.47 Å². The van der Waals surface area contributed by atoms with Gasteiger partial charge in [0.25, 0.3) is 0 Å². The van der Waals surface area contributed by atoms with Gasteiger partial charge in [-0.2, -0.15) is 0 Å². The number of benzene rings is 1. The summed E-state index contributed by atoms with van der Waals surface area (Å²) in [5.41, 5.74) is 0. The summed E-state index contributed by atoms with van der Waals surface area (Å²) in [6.45, 7) is 1.40. The van der Waals surface area contributed by atoms with Crippen molar-refractivity contribution in [1.29, 1.82) is 0 Å². The Hall–Kier alpha value is -1.79. The predicted molar refractivity (Wildman–Crippen MR) is 91.0 cm³/mol. The van der Waals surface area contributed by atoms with Crippen LogP contribution in [0.15, 0.2) is 35.5 Å². The van der Waals surface area contributed by atoms with Crippen molar-refractivity contribution in [3.05, 3.63) is 30.5 Å². The third kappa shape index (κ3) is 3.95. The number of fused-ring (bicyclic) bond motifs is 1. The Labute approximate surface area is 139 Å². The summed E-state index contributed by atoms with van der Waals surface area (Å²) in [7, 11) is 1.65. The van der Waals surface area contributed by atoms with Gasteiger partial charge in [-0.15, -0.1) is 0 Å². The summed E-state index contributed by atoms with van der Waals surface area (Å²) in [4.78, 5) is 16.4. The van der Waals surface area contributed by atoms with Crippen molar-refractivity contribution in [3.8, 4) is 5.75 Å². The Morgan fingerprint density at radius 2 is 2.35 bits per heavy atom. The molecule has 23 heavy (non-hydrogen) atoms. The van der Waals surface area contributed by atoms with Gasteiger partial charge in [-0.3, -0.25) is 4.79 Å². The first-order valence-electron chi connectivity index (χ1n) is 7.71. The highest BCUT2D eigenvalue weighted by Crippen LogP contribution is 2.31. The molecule has 0 aliphatic carbocycles. The first-order valence-corrected chi connectivity index (χ1v) is 8.69. The largest absolute Gasteiger partial charge is 0.496 e. The Bertz CT molecular complexity index is 687. The van der Waals surface area contributed by atoms with Crippen LogP contribution in [-0.2, 0) is 9.53 Å². The Morgan fingerprint density at radius 3 is 3.13 bits per heavy atom. The maximum atomic E-state index is 12.0. The Morgan fingerprint density at radius 1 is 1.43 bits per heavy atom. The predicted octanol–water partition coefficient (Wildman–Crippen LogP) is 2.63. The van der Waals surface area contributed by atoms with Gasteiger partial charge in [0.15, 0.2) is 0 Å². The zero-order valence-electron chi connectivity index (χ0n) is 13.1. The number of methoxy groups -OCH3 is 1. The van der Waals surface area contributed by atoms with Crippen molar-refractivity contribution >= 4 is 28.4 Å². The van der Waals surface area contributed by atoms with E-state index in [0.29, 0.717) is 12.3 Å². The number of pyridine rings is 1. The molecule has 1 aromatic carbocycles. The SMILES string of the molecule is COc1cccc2c(SCC(=O)NC[C@@H]3CCCO3)nccc12. The van der Waals surface area contributed by atoms with Crippen LogP contribution in [0.1, 0.15) is 12.8 Å². The lowest BCUT2D eigenvalue weighted by atomic mass is 10.1. The molecule has 0 bridgehead atoms. The highest BCUT2D eigenvalue weighted by Gasteiger charge is 2.16. The Balaban J connectivity index is 1.61. The van der Waals surface area contributed by atoms with Crippen LogP contribution in [0, 0.1) is 0 Å². The monoisotopic (exact) mass is 332 g/mol. The molecule has 1 saturated heterocycles. The second-order valence-electron chi connectivity index (χ2n) is 5.40. The minimum atomic E-state index is 0.00667. The van der Waals surface area contributed by atoms with Gasteiger partial charge in [0.1, 0.15) is 10.8 Å². The lowest BCUT2D eigenvalue weighted by Gasteiger charge is -2.11. The summed E-state index contributed by atoms with van der Waals surface area (Å²) in [6, 6.07) is 7.78. The molecule has 0 spiro atoms. The van der Waals surface area contributed by atoms with Crippen molar-refractivity contribution in [2.24, 2.45) is 0 Å². The maximum Gasteiger partial charge on any atom is 0.230 e. The second-order valence-corrected chi connectivity index (χ2v) is 6.36. The van der Waals surface area contributed by atoms with Crippen molar-refractivity contribution in [2.45, 2.75) is 24.0 Å². The molecule has 1 amide bonds. The number of hydrogen-bond acceptors (Lipinski definition) is 5. The first-order chi connectivity index (χ1) is 11.3. The van der Waals surface area contributed by atoms with Gasteiger partial charge < -0.3 is 14.8 Å². The van der Waals surface area contributed by atoms with E-state index in [2.05, 4.69) is 10.3 Å². The lowest BCUT2D eigenvalue weighted by Crippen LogP contribution is -2.32. The molecule has 122 valence electrons. The number of nitrogens with zero attached hydrogens (tertiary/aromatic N) is 1. The number of ether oxygens (including phenoxy) is 2. The molecule has 1 aromatic heterocycles. The normalized spacial score (nSPS) is 17.3. The number of carbonyl (C=O) groups excluding carboxylic acids is 1. The summed E-state index contributed by atoms with van der Waals surface area (Å²) in [6.07, 6.45) is 4.02. The van der Waals surface area contributed by atoms with E-state index in [1.165, 1.54) is 11.8 Å². The van der Waals surface area contributed by atoms with Crippen molar-refractivity contribution in [3.63, 3.8) is 0 Å². The fourth-order valence-corrected chi connectivity index (χ4v) is 3.50. The zero-order valence-corrected chi connectivity index (χ0v) is 13.9. The third-order valence-electron chi connectivity index (χ3n) is 3.84. The molecular formula is C17H20N2O3S. The Kier molecular flexibility index (Phi) is 5.35. The third-order valence-corrected chi connectivity index (χ3v) is 4.85. The molecule has 1 aliphatic rings. The molecule has 3 rings (SSSR count). The first kappa shape index (κ1) is 16.1. The topological polar surface area (TPSA) is 60.5 Å². The summed E-state index contributed by atoms with van der Waals surface area (Å²) < 4.78 is 10.9. The molecule has 1 N–H and O–H groups in total. The van der Waals surface area contributed by atoms with Crippen LogP contribution < -0.4 is 10.1 Å². The standard InChI is InChI=1S/C17H20N2O3S/c1-21-15-6-2-5-14-13(15)7-8-18-17(14)23-11-16(20)19-10-12-4-3-9-22-12/h2,5-8,12H,3-4,9-11H2,1H3,(H,19,20)/t12-/m0/s1. The highest BCUT2D eigenvalue weighted by atomic mass is 32.2. The molecule has 1 fully saturated rings. The van der Waals surface area contributed by atoms with Crippen LogP contribution >= 0.6 is 11.8 Å². The van der Waals surface area contributed by atoms with Crippen molar-refractivity contribution in [1.82, 2.24) is 10.3 Å². The smallest absolute Gasteiger partial charge is 0.230 e.